The number of nitrogens with two attached hydrogens (primary N) is 1. The van der Waals surface area contributed by atoms with Crippen molar-refractivity contribution >= 4 is 12.1 Å². The molecule has 0 aliphatic rings. The van der Waals surface area contributed by atoms with Gasteiger partial charge in [-0.25, -0.2) is 9.59 Å². The Kier molecular flexibility index (Phi) is 4.90. The molecule has 0 aromatic heterocycles. The lowest BCUT2D eigenvalue weighted by molar-refractivity contribution is 0.0637. The zero-order valence-corrected chi connectivity index (χ0v) is 13.5. The molecule has 124 valence electrons. The molecule has 0 spiro atoms. The summed E-state index contributed by atoms with van der Waals surface area (Å²) in [6, 6.07) is 26.8. The highest BCUT2D eigenvalue weighted by molar-refractivity contribution is 5.97. The molecule has 0 bridgehead atoms. The summed E-state index contributed by atoms with van der Waals surface area (Å²) in [5, 5.41) is 0. The van der Waals surface area contributed by atoms with Crippen molar-refractivity contribution in [3.8, 4) is 0 Å². The first-order valence-electron chi connectivity index (χ1n) is 7.87. The Bertz CT molecular complexity index is 836. The van der Waals surface area contributed by atoms with Crippen LogP contribution >= 0.6 is 0 Å². The summed E-state index contributed by atoms with van der Waals surface area (Å²) >= 11 is 0. The standard InChI is InChI=1S/C21H17NO3/c22-21(24)25-20(23)18-14-8-7-13-17(18)19(15-9-3-1-4-10-15)16-11-5-2-6-12-16/h1-14,19H,(H2,22,24). The van der Waals surface area contributed by atoms with Gasteiger partial charge in [0.2, 0.25) is 0 Å². The number of carbonyl (C=O) groups is 2. The Hall–Kier alpha value is -3.40. The number of hydrogen-bond acceptors (Lipinski definition) is 3. The first kappa shape index (κ1) is 16.5. The van der Waals surface area contributed by atoms with Gasteiger partial charge < -0.3 is 10.5 Å². The number of benzene rings is 3. The highest BCUT2D eigenvalue weighted by Gasteiger charge is 2.23. The fraction of sp³-hybridized carbons (Fsp3) is 0.0476. The van der Waals surface area contributed by atoms with Gasteiger partial charge in [-0.2, -0.15) is 0 Å². The van der Waals surface area contributed by atoms with Crippen molar-refractivity contribution in [1.29, 1.82) is 0 Å². The van der Waals surface area contributed by atoms with Crippen LogP contribution < -0.4 is 5.73 Å². The predicted molar refractivity (Wildman–Crippen MR) is 95.3 cm³/mol. The van der Waals surface area contributed by atoms with E-state index in [0.717, 1.165) is 16.7 Å². The van der Waals surface area contributed by atoms with Crippen LogP contribution in [0.3, 0.4) is 0 Å². The number of primary amides is 1. The highest BCUT2D eigenvalue weighted by Crippen LogP contribution is 2.34. The van der Waals surface area contributed by atoms with Crippen LogP contribution in [0.2, 0.25) is 0 Å². The van der Waals surface area contributed by atoms with E-state index >= 15 is 0 Å². The number of rotatable bonds is 4. The maximum Gasteiger partial charge on any atom is 0.412 e. The molecule has 0 radical (unpaired) electrons. The van der Waals surface area contributed by atoms with Gasteiger partial charge in [0.15, 0.2) is 0 Å². The summed E-state index contributed by atoms with van der Waals surface area (Å²) in [4.78, 5) is 23.3. The molecular formula is C21H17NO3. The van der Waals surface area contributed by atoms with Gasteiger partial charge in [0.1, 0.15) is 0 Å². The van der Waals surface area contributed by atoms with Crippen molar-refractivity contribution in [1.82, 2.24) is 0 Å². The van der Waals surface area contributed by atoms with Gasteiger partial charge in [0.25, 0.3) is 0 Å². The number of hydrogen-bond donors (Lipinski definition) is 1. The van der Waals surface area contributed by atoms with Crippen LogP contribution in [0.5, 0.6) is 0 Å². The molecule has 3 aromatic carbocycles. The van der Waals surface area contributed by atoms with Gasteiger partial charge in [-0.05, 0) is 22.8 Å². The summed E-state index contributed by atoms with van der Waals surface area (Å²) in [5.74, 6) is -0.918. The van der Waals surface area contributed by atoms with Gasteiger partial charge in [0, 0.05) is 5.92 Å². The second kappa shape index (κ2) is 7.45. The van der Waals surface area contributed by atoms with Gasteiger partial charge in [-0.1, -0.05) is 78.9 Å². The van der Waals surface area contributed by atoms with Gasteiger partial charge in [0.05, 0.1) is 5.56 Å². The van der Waals surface area contributed by atoms with E-state index in [0.29, 0.717) is 5.56 Å². The van der Waals surface area contributed by atoms with E-state index in [1.54, 1.807) is 12.1 Å². The van der Waals surface area contributed by atoms with E-state index in [9.17, 15) is 9.59 Å². The number of ether oxygens (including phenoxy) is 1. The Morgan fingerprint density at radius 2 is 1.20 bits per heavy atom. The molecular weight excluding hydrogens is 314 g/mol. The quantitative estimate of drug-likeness (QED) is 0.444. The van der Waals surface area contributed by atoms with E-state index in [4.69, 9.17) is 5.73 Å². The minimum atomic E-state index is -1.12. The first-order chi connectivity index (χ1) is 12.2. The van der Waals surface area contributed by atoms with Crippen LogP contribution in [-0.2, 0) is 4.74 Å². The number of amides is 1. The SMILES string of the molecule is NC(=O)OC(=O)c1ccccc1C(c1ccccc1)c1ccccc1. The van der Waals surface area contributed by atoms with E-state index in [1.807, 2.05) is 72.8 Å². The molecule has 3 aromatic rings. The zero-order valence-electron chi connectivity index (χ0n) is 13.5. The fourth-order valence-corrected chi connectivity index (χ4v) is 2.92. The average molecular weight is 331 g/mol. The van der Waals surface area contributed by atoms with Crippen molar-refractivity contribution in [2.24, 2.45) is 5.73 Å². The second-order valence-electron chi connectivity index (χ2n) is 5.55. The Morgan fingerprint density at radius 1 is 0.720 bits per heavy atom. The Labute approximate surface area is 145 Å². The van der Waals surface area contributed by atoms with Crippen LogP contribution in [0, 0.1) is 0 Å². The maximum absolute atomic E-state index is 12.3. The second-order valence-corrected chi connectivity index (χ2v) is 5.55. The lowest BCUT2D eigenvalue weighted by Crippen LogP contribution is -2.20. The molecule has 0 atom stereocenters. The first-order valence-corrected chi connectivity index (χ1v) is 7.87. The molecule has 0 aliphatic carbocycles. The summed E-state index contributed by atoms with van der Waals surface area (Å²) in [7, 11) is 0. The van der Waals surface area contributed by atoms with Crippen LogP contribution in [0.15, 0.2) is 84.9 Å². The van der Waals surface area contributed by atoms with Crippen molar-refractivity contribution in [3.05, 3.63) is 107 Å². The molecule has 25 heavy (non-hydrogen) atoms. The van der Waals surface area contributed by atoms with Crippen LogP contribution in [0.1, 0.15) is 33.0 Å². The molecule has 0 heterocycles. The third-order valence-electron chi connectivity index (χ3n) is 3.95. The fourth-order valence-electron chi connectivity index (χ4n) is 2.92. The smallest absolute Gasteiger partial charge is 0.373 e. The Morgan fingerprint density at radius 3 is 1.72 bits per heavy atom. The van der Waals surface area contributed by atoms with Crippen molar-refractivity contribution in [3.63, 3.8) is 0 Å². The minimum absolute atomic E-state index is 0.168. The highest BCUT2D eigenvalue weighted by atomic mass is 16.6. The molecule has 0 fully saturated rings. The largest absolute Gasteiger partial charge is 0.412 e. The summed E-state index contributed by atoms with van der Waals surface area (Å²) in [5.41, 5.74) is 8.14. The van der Waals surface area contributed by atoms with Crippen LogP contribution in [0.4, 0.5) is 4.79 Å². The number of esters is 1. The Balaban J connectivity index is 2.15. The van der Waals surface area contributed by atoms with E-state index in [-0.39, 0.29) is 5.92 Å². The molecule has 4 nitrogen and oxygen atoms in total. The molecule has 0 saturated carbocycles. The average Bonchev–Trinajstić information content (AvgIpc) is 2.64. The third-order valence-corrected chi connectivity index (χ3v) is 3.95. The summed E-state index contributed by atoms with van der Waals surface area (Å²) in [6.45, 7) is 0. The molecule has 1 amide bonds. The van der Waals surface area contributed by atoms with Crippen molar-refractivity contribution in [2.75, 3.05) is 0 Å². The molecule has 4 heteroatoms. The lowest BCUT2D eigenvalue weighted by atomic mass is 9.83. The van der Waals surface area contributed by atoms with E-state index in [2.05, 4.69) is 4.74 Å². The van der Waals surface area contributed by atoms with Crippen LogP contribution in [0.25, 0.3) is 0 Å². The monoisotopic (exact) mass is 331 g/mol. The van der Waals surface area contributed by atoms with Gasteiger partial charge in [-0.15, -0.1) is 0 Å². The normalized spacial score (nSPS) is 10.4. The molecule has 0 aliphatic heterocycles. The van der Waals surface area contributed by atoms with Crippen molar-refractivity contribution in [2.45, 2.75) is 5.92 Å². The van der Waals surface area contributed by atoms with Crippen molar-refractivity contribution < 1.29 is 14.3 Å². The van der Waals surface area contributed by atoms with Gasteiger partial charge in [-0.3, -0.25) is 0 Å². The van der Waals surface area contributed by atoms with Gasteiger partial charge >= 0.3 is 12.1 Å². The molecule has 2 N–H and O–H groups in total. The lowest BCUT2D eigenvalue weighted by Gasteiger charge is -2.21. The molecule has 0 saturated heterocycles. The third kappa shape index (κ3) is 3.75. The molecule has 0 unspecified atom stereocenters. The van der Waals surface area contributed by atoms with Crippen LogP contribution in [-0.4, -0.2) is 12.1 Å². The molecule has 3 rings (SSSR count). The number of carbonyl (C=O) groups excluding carboxylic acids is 2. The van der Waals surface area contributed by atoms with E-state index < -0.39 is 12.1 Å². The summed E-state index contributed by atoms with van der Waals surface area (Å²) < 4.78 is 4.60. The maximum atomic E-state index is 12.3. The zero-order chi connectivity index (χ0) is 17.6. The van der Waals surface area contributed by atoms with E-state index in [1.165, 1.54) is 0 Å². The summed E-state index contributed by atoms with van der Waals surface area (Å²) in [6.07, 6.45) is -1.12. The topological polar surface area (TPSA) is 69.4 Å². The minimum Gasteiger partial charge on any atom is -0.373 e. The predicted octanol–water partition coefficient (Wildman–Crippen LogP) is 4.10.